The van der Waals surface area contributed by atoms with Crippen molar-refractivity contribution in [2.24, 2.45) is 4.99 Å². The highest BCUT2D eigenvalue weighted by Gasteiger charge is 2.44. The standard InChI is InChI=1S/C7H10N2O3S/c10-4-7(12)3-5(11)8-6-9(7)1-2-13-6/h10,12H,1-4H2. The van der Waals surface area contributed by atoms with Crippen LogP contribution in [0.4, 0.5) is 0 Å². The molecule has 5 nitrogen and oxygen atoms in total. The summed E-state index contributed by atoms with van der Waals surface area (Å²) >= 11 is 1.43. The van der Waals surface area contributed by atoms with Gasteiger partial charge in [-0.05, 0) is 0 Å². The van der Waals surface area contributed by atoms with Gasteiger partial charge in [0.25, 0.3) is 5.91 Å². The summed E-state index contributed by atoms with van der Waals surface area (Å²) in [6, 6.07) is 0. The Balaban J connectivity index is 2.34. The Labute approximate surface area is 79.4 Å². The normalized spacial score (nSPS) is 33.2. The van der Waals surface area contributed by atoms with Gasteiger partial charge in [0.15, 0.2) is 10.9 Å². The van der Waals surface area contributed by atoms with Crippen molar-refractivity contribution in [3.8, 4) is 0 Å². The van der Waals surface area contributed by atoms with Crippen molar-refractivity contribution in [3.63, 3.8) is 0 Å². The van der Waals surface area contributed by atoms with E-state index in [0.717, 1.165) is 5.75 Å². The summed E-state index contributed by atoms with van der Waals surface area (Å²) in [5.41, 5.74) is -1.42. The Morgan fingerprint density at radius 2 is 2.46 bits per heavy atom. The second-order valence-electron chi connectivity index (χ2n) is 3.11. The lowest BCUT2D eigenvalue weighted by Crippen LogP contribution is -2.55. The number of thioether (sulfide) groups is 1. The van der Waals surface area contributed by atoms with Crippen LogP contribution in [0.5, 0.6) is 0 Å². The lowest BCUT2D eigenvalue weighted by Gasteiger charge is -2.38. The van der Waals surface area contributed by atoms with Crippen LogP contribution in [0.25, 0.3) is 0 Å². The summed E-state index contributed by atoms with van der Waals surface area (Å²) in [6.07, 6.45) is -0.118. The van der Waals surface area contributed by atoms with Crippen molar-refractivity contribution in [1.29, 1.82) is 0 Å². The van der Waals surface area contributed by atoms with Gasteiger partial charge in [-0.3, -0.25) is 4.79 Å². The van der Waals surface area contributed by atoms with Crippen LogP contribution in [-0.4, -0.2) is 50.8 Å². The molecule has 0 aromatic rings. The van der Waals surface area contributed by atoms with Gasteiger partial charge in [0.2, 0.25) is 0 Å². The molecule has 2 rings (SSSR count). The summed E-state index contributed by atoms with van der Waals surface area (Å²) in [7, 11) is 0. The number of aliphatic hydroxyl groups is 2. The van der Waals surface area contributed by atoms with E-state index in [-0.39, 0.29) is 12.3 Å². The molecule has 1 fully saturated rings. The van der Waals surface area contributed by atoms with Crippen LogP contribution in [-0.2, 0) is 4.79 Å². The summed E-state index contributed by atoms with van der Waals surface area (Å²) in [5, 5.41) is 19.4. The topological polar surface area (TPSA) is 73.1 Å². The fraction of sp³-hybridized carbons (Fsp3) is 0.714. The first-order valence-electron chi connectivity index (χ1n) is 4.01. The van der Waals surface area contributed by atoms with Crippen molar-refractivity contribution in [2.45, 2.75) is 12.1 Å². The number of aliphatic imine (C=N–C) groups is 1. The van der Waals surface area contributed by atoms with E-state index in [1.807, 2.05) is 0 Å². The van der Waals surface area contributed by atoms with E-state index in [2.05, 4.69) is 4.99 Å². The molecule has 0 saturated carbocycles. The zero-order valence-corrected chi connectivity index (χ0v) is 7.75. The van der Waals surface area contributed by atoms with Crippen molar-refractivity contribution in [3.05, 3.63) is 0 Å². The molecule has 0 spiro atoms. The van der Waals surface area contributed by atoms with Gasteiger partial charge >= 0.3 is 0 Å². The molecule has 72 valence electrons. The Hall–Kier alpha value is -0.590. The van der Waals surface area contributed by atoms with Crippen molar-refractivity contribution >= 4 is 22.8 Å². The van der Waals surface area contributed by atoms with Crippen LogP contribution in [0.2, 0.25) is 0 Å². The smallest absolute Gasteiger partial charge is 0.253 e. The Kier molecular flexibility index (Phi) is 2.05. The van der Waals surface area contributed by atoms with Crippen LogP contribution < -0.4 is 0 Å². The minimum Gasteiger partial charge on any atom is -0.391 e. The fourth-order valence-corrected chi connectivity index (χ4v) is 2.55. The Morgan fingerprint density at radius 1 is 1.69 bits per heavy atom. The second-order valence-corrected chi connectivity index (χ2v) is 4.17. The van der Waals surface area contributed by atoms with Gasteiger partial charge in [0.05, 0.1) is 13.0 Å². The maximum absolute atomic E-state index is 11.1. The van der Waals surface area contributed by atoms with E-state index in [4.69, 9.17) is 5.11 Å². The first kappa shape index (κ1) is 8.98. The molecule has 0 aliphatic carbocycles. The highest BCUT2D eigenvalue weighted by atomic mass is 32.2. The summed E-state index contributed by atoms with van der Waals surface area (Å²) in [4.78, 5) is 16.5. The van der Waals surface area contributed by atoms with E-state index in [1.54, 1.807) is 4.90 Å². The molecule has 1 amide bonds. The predicted molar refractivity (Wildman–Crippen MR) is 48.3 cm³/mol. The van der Waals surface area contributed by atoms with Crippen LogP contribution in [0.15, 0.2) is 4.99 Å². The highest BCUT2D eigenvalue weighted by molar-refractivity contribution is 8.14. The lowest BCUT2D eigenvalue weighted by atomic mass is 10.1. The van der Waals surface area contributed by atoms with E-state index in [9.17, 15) is 9.90 Å². The molecule has 1 unspecified atom stereocenters. The van der Waals surface area contributed by atoms with E-state index >= 15 is 0 Å². The number of hydrogen-bond acceptors (Lipinski definition) is 5. The van der Waals surface area contributed by atoms with Crippen molar-refractivity contribution < 1.29 is 15.0 Å². The summed E-state index contributed by atoms with van der Waals surface area (Å²) < 4.78 is 0. The predicted octanol–water partition coefficient (Wildman–Crippen LogP) is -0.998. The van der Waals surface area contributed by atoms with E-state index in [1.165, 1.54) is 11.8 Å². The van der Waals surface area contributed by atoms with Crippen LogP contribution in [0.1, 0.15) is 6.42 Å². The molecule has 2 aliphatic heterocycles. The maximum atomic E-state index is 11.1. The number of nitrogens with zero attached hydrogens (tertiary/aromatic N) is 2. The molecule has 0 aromatic heterocycles. The van der Waals surface area contributed by atoms with Gasteiger partial charge < -0.3 is 15.1 Å². The van der Waals surface area contributed by atoms with Crippen LogP contribution in [0, 0.1) is 0 Å². The van der Waals surface area contributed by atoms with Gasteiger partial charge in [-0.1, -0.05) is 11.8 Å². The minimum atomic E-state index is -1.42. The van der Waals surface area contributed by atoms with E-state index in [0.29, 0.717) is 11.7 Å². The van der Waals surface area contributed by atoms with Gasteiger partial charge in [-0.2, -0.15) is 4.99 Å². The lowest BCUT2D eigenvalue weighted by molar-refractivity contribution is -0.142. The van der Waals surface area contributed by atoms with Gasteiger partial charge in [-0.15, -0.1) is 0 Å². The van der Waals surface area contributed by atoms with Crippen LogP contribution >= 0.6 is 11.8 Å². The maximum Gasteiger partial charge on any atom is 0.253 e. The Bertz CT molecular complexity index is 281. The molecule has 2 heterocycles. The number of hydrogen-bond donors (Lipinski definition) is 2. The average Bonchev–Trinajstić information content (AvgIpc) is 2.52. The first-order chi connectivity index (χ1) is 6.15. The van der Waals surface area contributed by atoms with Gasteiger partial charge in [0.1, 0.15) is 0 Å². The molecule has 2 N–H and O–H groups in total. The number of fused-ring (bicyclic) bond motifs is 1. The van der Waals surface area contributed by atoms with Crippen LogP contribution in [0.3, 0.4) is 0 Å². The summed E-state index contributed by atoms with van der Waals surface area (Å²) in [5.74, 6) is 0.436. The first-order valence-corrected chi connectivity index (χ1v) is 4.99. The molecule has 6 heteroatoms. The number of carbonyl (C=O) groups is 1. The van der Waals surface area contributed by atoms with Gasteiger partial charge in [-0.25, -0.2) is 0 Å². The number of amides is 1. The fourth-order valence-electron chi connectivity index (χ4n) is 1.51. The number of rotatable bonds is 1. The number of amidine groups is 1. The average molecular weight is 202 g/mol. The molecule has 1 saturated heterocycles. The number of carbonyl (C=O) groups excluding carboxylic acids is 1. The quantitative estimate of drug-likeness (QED) is 0.570. The molecule has 13 heavy (non-hydrogen) atoms. The monoisotopic (exact) mass is 202 g/mol. The largest absolute Gasteiger partial charge is 0.391 e. The SMILES string of the molecule is O=C1CC(O)(CO)N2CCSC2=N1. The number of aliphatic hydroxyl groups excluding tert-OH is 1. The summed E-state index contributed by atoms with van der Waals surface area (Å²) in [6.45, 7) is 0.201. The molecule has 2 aliphatic rings. The second kappa shape index (κ2) is 2.97. The third-order valence-electron chi connectivity index (χ3n) is 2.19. The third kappa shape index (κ3) is 1.34. The zero-order chi connectivity index (χ0) is 9.47. The van der Waals surface area contributed by atoms with E-state index < -0.39 is 12.3 Å². The van der Waals surface area contributed by atoms with Crippen molar-refractivity contribution in [2.75, 3.05) is 18.9 Å². The molecule has 0 aromatic carbocycles. The third-order valence-corrected chi connectivity index (χ3v) is 3.14. The zero-order valence-electron chi connectivity index (χ0n) is 6.93. The molecule has 0 radical (unpaired) electrons. The molecular formula is C7H10N2O3S. The highest BCUT2D eigenvalue weighted by Crippen LogP contribution is 2.31. The van der Waals surface area contributed by atoms with Gasteiger partial charge in [0, 0.05) is 12.3 Å². The molecular weight excluding hydrogens is 192 g/mol. The molecule has 1 atom stereocenters. The van der Waals surface area contributed by atoms with Crippen molar-refractivity contribution in [1.82, 2.24) is 4.90 Å². The Morgan fingerprint density at radius 3 is 3.15 bits per heavy atom. The molecule has 0 bridgehead atoms. The minimum absolute atomic E-state index is 0.118.